The third-order valence-corrected chi connectivity index (χ3v) is 4.59. The molecule has 0 bridgehead atoms. The van der Waals surface area contributed by atoms with Gasteiger partial charge in [0.05, 0.1) is 0 Å². The Morgan fingerprint density at radius 3 is 2.29 bits per heavy atom. The molecule has 0 aromatic heterocycles. The van der Waals surface area contributed by atoms with E-state index in [4.69, 9.17) is 0 Å². The Balaban J connectivity index is 1.43. The van der Waals surface area contributed by atoms with Crippen molar-refractivity contribution in [2.24, 2.45) is 0 Å². The average molecular weight is 375 g/mol. The van der Waals surface area contributed by atoms with Gasteiger partial charge in [-0.3, -0.25) is 9.59 Å². The van der Waals surface area contributed by atoms with E-state index in [-0.39, 0.29) is 18.2 Å². The highest BCUT2D eigenvalue weighted by molar-refractivity contribution is 5.98. The van der Waals surface area contributed by atoms with Gasteiger partial charge in [0, 0.05) is 44.9 Å². The predicted octanol–water partition coefficient (Wildman–Crippen LogP) is 3.34. The van der Waals surface area contributed by atoms with Crippen molar-refractivity contribution in [2.45, 2.75) is 13.0 Å². The summed E-state index contributed by atoms with van der Waals surface area (Å²) in [5.41, 5.74) is 2.76. The zero-order valence-corrected chi connectivity index (χ0v) is 16.2. The lowest BCUT2D eigenvalue weighted by Gasteiger charge is -2.13. The molecular weight excluding hydrogens is 350 g/mol. The van der Waals surface area contributed by atoms with Gasteiger partial charge in [-0.25, -0.2) is 0 Å². The van der Waals surface area contributed by atoms with Crippen LogP contribution in [0, 0.1) is 0 Å². The van der Waals surface area contributed by atoms with Crippen LogP contribution in [0.2, 0.25) is 0 Å². The topological polar surface area (TPSA) is 61.4 Å². The maximum atomic E-state index is 12.3. The fraction of sp³-hybridized carbons (Fsp3) is 0.217. The van der Waals surface area contributed by atoms with Crippen molar-refractivity contribution in [3.63, 3.8) is 0 Å². The summed E-state index contributed by atoms with van der Waals surface area (Å²) < 4.78 is 0. The lowest BCUT2D eigenvalue weighted by molar-refractivity contribution is -0.121. The van der Waals surface area contributed by atoms with Crippen molar-refractivity contribution in [1.82, 2.24) is 10.6 Å². The van der Waals surface area contributed by atoms with Crippen LogP contribution < -0.4 is 15.5 Å². The Kier molecular flexibility index (Phi) is 6.27. The quantitative estimate of drug-likeness (QED) is 0.666. The summed E-state index contributed by atoms with van der Waals surface area (Å²) in [6.45, 7) is 0.780. The monoisotopic (exact) mass is 375 g/mol. The normalized spacial score (nSPS) is 10.5. The van der Waals surface area contributed by atoms with Crippen molar-refractivity contribution < 1.29 is 9.59 Å². The lowest BCUT2D eigenvalue weighted by Crippen LogP contribution is -2.30. The molecule has 0 atom stereocenters. The van der Waals surface area contributed by atoms with Crippen LogP contribution in [0.25, 0.3) is 10.8 Å². The largest absolute Gasteiger partial charge is 0.378 e. The van der Waals surface area contributed by atoms with Gasteiger partial charge in [-0.05, 0) is 40.6 Å². The van der Waals surface area contributed by atoms with Gasteiger partial charge < -0.3 is 15.5 Å². The first-order valence-corrected chi connectivity index (χ1v) is 9.33. The maximum Gasteiger partial charge on any atom is 0.251 e. The second-order valence-electron chi connectivity index (χ2n) is 6.91. The van der Waals surface area contributed by atoms with E-state index in [1.807, 2.05) is 79.7 Å². The van der Waals surface area contributed by atoms with Crippen molar-refractivity contribution in [2.75, 3.05) is 25.5 Å². The van der Waals surface area contributed by atoms with Gasteiger partial charge >= 0.3 is 0 Å². The van der Waals surface area contributed by atoms with Crippen LogP contribution in [0.15, 0.2) is 66.7 Å². The standard InChI is InChI=1S/C23H25N3O2/c1-26(2)21-11-7-17(8-12-21)16-25-22(27)13-14-24-23(28)20-10-9-18-5-3-4-6-19(18)15-20/h3-12,15H,13-14,16H2,1-2H3,(H,24,28)(H,25,27). The highest BCUT2D eigenvalue weighted by Gasteiger charge is 2.07. The SMILES string of the molecule is CN(C)c1ccc(CNC(=O)CCNC(=O)c2ccc3ccccc3c2)cc1. The second-order valence-corrected chi connectivity index (χ2v) is 6.91. The molecule has 0 aliphatic heterocycles. The van der Waals surface area contributed by atoms with Crippen LogP contribution in [0.5, 0.6) is 0 Å². The third-order valence-electron chi connectivity index (χ3n) is 4.59. The Bertz CT molecular complexity index is 965. The Morgan fingerprint density at radius 2 is 1.57 bits per heavy atom. The van der Waals surface area contributed by atoms with E-state index in [0.29, 0.717) is 18.7 Å². The molecule has 144 valence electrons. The fourth-order valence-corrected chi connectivity index (χ4v) is 2.92. The van der Waals surface area contributed by atoms with Gasteiger partial charge in [0.15, 0.2) is 0 Å². The number of nitrogens with one attached hydrogen (secondary N) is 2. The van der Waals surface area contributed by atoms with Gasteiger partial charge in [-0.1, -0.05) is 42.5 Å². The number of anilines is 1. The third kappa shape index (κ3) is 5.10. The molecule has 2 amide bonds. The number of carbonyl (C=O) groups excluding carboxylic acids is 2. The Labute approximate surface area is 165 Å². The van der Waals surface area contributed by atoms with Crippen LogP contribution in [-0.2, 0) is 11.3 Å². The number of fused-ring (bicyclic) bond motifs is 1. The first kappa shape index (κ1) is 19.4. The summed E-state index contributed by atoms with van der Waals surface area (Å²) in [5.74, 6) is -0.256. The molecule has 0 saturated carbocycles. The summed E-state index contributed by atoms with van der Waals surface area (Å²) in [6, 6.07) is 21.5. The zero-order valence-electron chi connectivity index (χ0n) is 16.2. The van der Waals surface area contributed by atoms with Crippen molar-refractivity contribution in [1.29, 1.82) is 0 Å². The highest BCUT2D eigenvalue weighted by Crippen LogP contribution is 2.15. The molecule has 2 N–H and O–H groups in total. The first-order chi connectivity index (χ1) is 13.5. The van der Waals surface area contributed by atoms with Gasteiger partial charge in [-0.2, -0.15) is 0 Å². The molecule has 28 heavy (non-hydrogen) atoms. The summed E-state index contributed by atoms with van der Waals surface area (Å²) >= 11 is 0. The van der Waals surface area contributed by atoms with Crippen LogP contribution in [0.3, 0.4) is 0 Å². The summed E-state index contributed by atoms with van der Waals surface area (Å²) in [4.78, 5) is 26.3. The summed E-state index contributed by atoms with van der Waals surface area (Å²) in [6.07, 6.45) is 0.245. The summed E-state index contributed by atoms with van der Waals surface area (Å²) in [7, 11) is 3.98. The van der Waals surface area contributed by atoms with E-state index < -0.39 is 0 Å². The minimum atomic E-state index is -0.169. The number of amides is 2. The predicted molar refractivity (Wildman–Crippen MR) is 114 cm³/mol. The molecule has 0 aliphatic carbocycles. The minimum Gasteiger partial charge on any atom is -0.378 e. The lowest BCUT2D eigenvalue weighted by atomic mass is 10.1. The van der Waals surface area contributed by atoms with Gasteiger partial charge in [-0.15, -0.1) is 0 Å². The molecule has 5 heteroatoms. The maximum absolute atomic E-state index is 12.3. The molecule has 0 saturated heterocycles. The van der Waals surface area contributed by atoms with Crippen molar-refractivity contribution in [3.8, 4) is 0 Å². The van der Waals surface area contributed by atoms with Crippen LogP contribution in [0.4, 0.5) is 5.69 Å². The number of hydrogen-bond acceptors (Lipinski definition) is 3. The second kappa shape index (κ2) is 9.04. The van der Waals surface area contributed by atoms with Crippen molar-refractivity contribution >= 4 is 28.3 Å². The molecule has 0 heterocycles. The van der Waals surface area contributed by atoms with Crippen LogP contribution in [-0.4, -0.2) is 32.5 Å². The van der Waals surface area contributed by atoms with Crippen LogP contribution >= 0.6 is 0 Å². The molecule has 5 nitrogen and oxygen atoms in total. The zero-order chi connectivity index (χ0) is 19.9. The molecule has 0 aliphatic rings. The minimum absolute atomic E-state index is 0.0875. The van der Waals surface area contributed by atoms with Gasteiger partial charge in [0.25, 0.3) is 5.91 Å². The Morgan fingerprint density at radius 1 is 0.857 bits per heavy atom. The molecule has 0 radical (unpaired) electrons. The number of hydrogen-bond donors (Lipinski definition) is 2. The van der Waals surface area contributed by atoms with Gasteiger partial charge in [0.2, 0.25) is 5.91 Å². The molecule has 0 unspecified atom stereocenters. The molecule has 3 rings (SSSR count). The summed E-state index contributed by atoms with van der Waals surface area (Å²) in [5, 5.41) is 7.80. The average Bonchev–Trinajstić information content (AvgIpc) is 2.72. The number of carbonyl (C=O) groups is 2. The highest BCUT2D eigenvalue weighted by atomic mass is 16.2. The first-order valence-electron chi connectivity index (χ1n) is 9.33. The van der Waals surface area contributed by atoms with E-state index in [1.165, 1.54) is 0 Å². The number of nitrogens with zero attached hydrogens (tertiary/aromatic N) is 1. The molecule has 3 aromatic carbocycles. The molecule has 3 aromatic rings. The van der Waals surface area contributed by atoms with Crippen molar-refractivity contribution in [3.05, 3.63) is 77.9 Å². The Hall–Kier alpha value is -3.34. The fourth-order valence-electron chi connectivity index (χ4n) is 2.92. The number of benzene rings is 3. The molecule has 0 spiro atoms. The number of rotatable bonds is 7. The smallest absolute Gasteiger partial charge is 0.251 e. The molecular formula is C23H25N3O2. The van der Waals surface area contributed by atoms with E-state index >= 15 is 0 Å². The van der Waals surface area contributed by atoms with Crippen LogP contribution in [0.1, 0.15) is 22.3 Å². The molecule has 0 fully saturated rings. The van der Waals surface area contributed by atoms with E-state index in [2.05, 4.69) is 10.6 Å². The van der Waals surface area contributed by atoms with E-state index in [0.717, 1.165) is 22.0 Å². The van der Waals surface area contributed by atoms with E-state index in [1.54, 1.807) is 6.07 Å². The van der Waals surface area contributed by atoms with E-state index in [9.17, 15) is 9.59 Å². The van der Waals surface area contributed by atoms with Gasteiger partial charge in [0.1, 0.15) is 0 Å².